The van der Waals surface area contributed by atoms with E-state index in [0.29, 0.717) is 24.3 Å². The second-order valence-electron chi connectivity index (χ2n) is 4.75. The minimum atomic E-state index is -4.33. The Hall–Kier alpha value is -1.40. The van der Waals surface area contributed by atoms with E-state index < -0.39 is 13.3 Å². The van der Waals surface area contributed by atoms with Crippen LogP contribution in [0.4, 0.5) is 0 Å². The fourth-order valence-electron chi connectivity index (χ4n) is 2.22. The molecule has 1 aromatic carbocycles. The van der Waals surface area contributed by atoms with Crippen molar-refractivity contribution in [2.45, 2.75) is 18.5 Å². The van der Waals surface area contributed by atoms with Gasteiger partial charge in [-0.2, -0.15) is 0 Å². The van der Waals surface area contributed by atoms with Gasteiger partial charge in [-0.3, -0.25) is 14.2 Å². The summed E-state index contributed by atoms with van der Waals surface area (Å²) in [6.07, 6.45) is 0.436. The minimum Gasteiger partial charge on any atom is -0.497 e. The van der Waals surface area contributed by atoms with Crippen LogP contribution < -0.4 is 4.74 Å². The van der Waals surface area contributed by atoms with E-state index in [-0.39, 0.29) is 18.9 Å². The molecule has 1 aromatic rings. The Kier molecular flexibility index (Phi) is 5.00. The van der Waals surface area contributed by atoms with E-state index in [2.05, 4.69) is 0 Å². The highest BCUT2D eigenvalue weighted by atomic mass is 31.2. The van der Waals surface area contributed by atoms with Crippen molar-refractivity contribution < 1.29 is 28.7 Å². The van der Waals surface area contributed by atoms with Crippen LogP contribution in [0.3, 0.4) is 0 Å². The molecule has 0 aliphatic carbocycles. The molecule has 2 N–H and O–H groups in total. The lowest BCUT2D eigenvalue weighted by atomic mass is 10.1. The molecule has 1 aliphatic rings. The lowest BCUT2D eigenvalue weighted by Gasteiger charge is -2.22. The van der Waals surface area contributed by atoms with Gasteiger partial charge in [0, 0.05) is 6.54 Å². The molecule has 116 valence electrons. The summed E-state index contributed by atoms with van der Waals surface area (Å²) in [4.78, 5) is 35.6. The molecule has 7 nitrogen and oxygen atoms in total. The minimum absolute atomic E-state index is 0.127. The van der Waals surface area contributed by atoms with Crippen LogP contribution in [0.1, 0.15) is 24.1 Å². The predicted molar refractivity (Wildman–Crippen MR) is 74.7 cm³/mol. The molecule has 21 heavy (non-hydrogen) atoms. The molecule has 1 atom stereocenters. The molecule has 1 amide bonds. The third-order valence-corrected chi connectivity index (χ3v) is 4.72. The van der Waals surface area contributed by atoms with Gasteiger partial charge in [0.25, 0.3) is 0 Å². The summed E-state index contributed by atoms with van der Waals surface area (Å²) < 4.78 is 16.7. The van der Waals surface area contributed by atoms with E-state index in [4.69, 9.17) is 9.57 Å². The summed E-state index contributed by atoms with van der Waals surface area (Å²) in [5.74, 6) is 0.454. The molecule has 1 aliphatic heterocycles. The number of benzene rings is 1. The zero-order valence-electron chi connectivity index (χ0n) is 11.6. The van der Waals surface area contributed by atoms with Crippen molar-refractivity contribution in [1.82, 2.24) is 5.06 Å². The van der Waals surface area contributed by atoms with Crippen LogP contribution in [-0.4, -0.2) is 41.0 Å². The highest BCUT2D eigenvalue weighted by molar-refractivity contribution is 7.52. The number of nitrogens with zero attached hydrogens (tertiary/aromatic N) is 1. The van der Waals surface area contributed by atoms with Crippen molar-refractivity contribution in [3.05, 3.63) is 29.8 Å². The van der Waals surface area contributed by atoms with Crippen molar-refractivity contribution in [3.63, 3.8) is 0 Å². The number of amides is 1. The van der Waals surface area contributed by atoms with Crippen LogP contribution >= 0.6 is 7.60 Å². The number of methoxy groups -OCH3 is 1. The number of rotatable bonds is 6. The predicted octanol–water partition coefficient (Wildman–Crippen LogP) is 1.47. The van der Waals surface area contributed by atoms with Crippen LogP contribution in [0.25, 0.3) is 0 Å². The van der Waals surface area contributed by atoms with Gasteiger partial charge in [0.05, 0.1) is 25.8 Å². The molecule has 0 saturated carbocycles. The fraction of sp³-hybridized carbons (Fsp3) is 0.462. The zero-order chi connectivity index (χ0) is 15.5. The van der Waals surface area contributed by atoms with Crippen LogP contribution in [0.5, 0.6) is 5.75 Å². The first-order valence-corrected chi connectivity index (χ1v) is 8.22. The number of carbonyl (C=O) groups is 1. The van der Waals surface area contributed by atoms with Gasteiger partial charge in [-0.1, -0.05) is 12.1 Å². The first kappa shape index (κ1) is 16.0. The van der Waals surface area contributed by atoms with Crippen molar-refractivity contribution in [3.8, 4) is 5.75 Å². The standard InChI is InChI=1S/C13H18NO6P/c1-19-11-4-2-10(3-5-11)12(21(16,17)18)6-8-14-13(15)7-9-20-14/h2-5,12H,6-9H2,1H3,(H2,16,17,18). The Morgan fingerprint density at radius 1 is 1.38 bits per heavy atom. The Morgan fingerprint density at radius 3 is 2.52 bits per heavy atom. The van der Waals surface area contributed by atoms with Crippen LogP contribution in [0.15, 0.2) is 24.3 Å². The zero-order valence-corrected chi connectivity index (χ0v) is 12.5. The smallest absolute Gasteiger partial charge is 0.333 e. The summed E-state index contributed by atoms with van der Waals surface area (Å²) in [5.41, 5.74) is -0.462. The summed E-state index contributed by atoms with van der Waals surface area (Å²) in [6.45, 7) is 0.475. The maximum atomic E-state index is 11.7. The largest absolute Gasteiger partial charge is 0.497 e. The number of hydrogen-bond acceptors (Lipinski definition) is 4. The number of ether oxygens (including phenoxy) is 1. The van der Waals surface area contributed by atoms with Gasteiger partial charge >= 0.3 is 7.60 Å². The topological polar surface area (TPSA) is 96.3 Å². The Labute approximate surface area is 122 Å². The monoisotopic (exact) mass is 315 g/mol. The SMILES string of the molecule is COc1ccc(C(CCN2OCCC2=O)P(=O)(O)O)cc1. The molecular weight excluding hydrogens is 297 g/mol. The molecule has 1 fully saturated rings. The molecule has 0 aromatic heterocycles. The average Bonchev–Trinajstić information content (AvgIpc) is 2.84. The molecule has 8 heteroatoms. The van der Waals surface area contributed by atoms with Crippen molar-refractivity contribution in [2.75, 3.05) is 20.3 Å². The van der Waals surface area contributed by atoms with E-state index in [1.54, 1.807) is 24.3 Å². The van der Waals surface area contributed by atoms with Crippen molar-refractivity contribution in [1.29, 1.82) is 0 Å². The summed E-state index contributed by atoms with van der Waals surface area (Å²) in [7, 11) is -2.81. The summed E-state index contributed by atoms with van der Waals surface area (Å²) >= 11 is 0. The van der Waals surface area contributed by atoms with Gasteiger partial charge in [-0.25, -0.2) is 5.06 Å². The van der Waals surface area contributed by atoms with Crippen LogP contribution in [0.2, 0.25) is 0 Å². The van der Waals surface area contributed by atoms with Crippen LogP contribution in [-0.2, 0) is 14.2 Å². The van der Waals surface area contributed by atoms with Gasteiger partial charge in [0.2, 0.25) is 5.91 Å². The van der Waals surface area contributed by atoms with E-state index in [0.717, 1.165) is 0 Å². The van der Waals surface area contributed by atoms with Gasteiger partial charge in [0.1, 0.15) is 5.75 Å². The van der Waals surface area contributed by atoms with E-state index >= 15 is 0 Å². The number of hydrogen-bond donors (Lipinski definition) is 2. The van der Waals surface area contributed by atoms with E-state index in [1.807, 2.05) is 0 Å². The molecule has 0 radical (unpaired) electrons. The fourth-order valence-corrected chi connectivity index (χ4v) is 3.24. The quantitative estimate of drug-likeness (QED) is 0.772. The maximum absolute atomic E-state index is 11.7. The molecule has 1 saturated heterocycles. The van der Waals surface area contributed by atoms with E-state index in [1.165, 1.54) is 12.2 Å². The van der Waals surface area contributed by atoms with Crippen molar-refractivity contribution in [2.24, 2.45) is 0 Å². The Balaban J connectivity index is 2.10. The second kappa shape index (κ2) is 6.58. The van der Waals surface area contributed by atoms with Gasteiger partial charge < -0.3 is 14.5 Å². The Morgan fingerprint density at radius 2 is 2.05 bits per heavy atom. The average molecular weight is 315 g/mol. The second-order valence-corrected chi connectivity index (χ2v) is 6.55. The first-order chi connectivity index (χ1) is 9.91. The highest BCUT2D eigenvalue weighted by Gasteiger charge is 2.32. The van der Waals surface area contributed by atoms with Gasteiger partial charge in [-0.05, 0) is 24.1 Å². The van der Waals surface area contributed by atoms with Crippen LogP contribution in [0, 0.1) is 0 Å². The van der Waals surface area contributed by atoms with Gasteiger partial charge in [-0.15, -0.1) is 0 Å². The summed E-state index contributed by atoms with van der Waals surface area (Å²) in [5, 5.41) is 1.17. The van der Waals surface area contributed by atoms with E-state index in [9.17, 15) is 19.1 Å². The number of hydroxylamine groups is 2. The van der Waals surface area contributed by atoms with Gasteiger partial charge in [0.15, 0.2) is 0 Å². The first-order valence-electron chi connectivity index (χ1n) is 6.54. The molecule has 0 spiro atoms. The molecule has 1 heterocycles. The normalized spacial score (nSPS) is 17.1. The summed E-state index contributed by atoms with van der Waals surface area (Å²) in [6, 6.07) is 6.54. The third kappa shape index (κ3) is 4.04. The lowest BCUT2D eigenvalue weighted by molar-refractivity contribution is -0.161. The lowest BCUT2D eigenvalue weighted by Crippen LogP contribution is -2.25. The molecule has 2 rings (SSSR count). The third-order valence-electron chi connectivity index (χ3n) is 3.35. The molecule has 0 bridgehead atoms. The maximum Gasteiger partial charge on any atom is 0.333 e. The van der Waals surface area contributed by atoms with Crippen molar-refractivity contribution >= 4 is 13.5 Å². The highest BCUT2D eigenvalue weighted by Crippen LogP contribution is 2.53. The number of carbonyl (C=O) groups excluding carboxylic acids is 1. The molecular formula is C13H18NO6P. The Bertz CT molecular complexity index is 540. The molecule has 1 unspecified atom stereocenters.